The molecule has 3 aromatic rings. The number of para-hydroxylation sites is 1. The Hall–Kier alpha value is -3.41. The highest BCUT2D eigenvalue weighted by Crippen LogP contribution is 2.20. The second-order valence-electron chi connectivity index (χ2n) is 7.06. The SMILES string of the molecule is Cc1ccc(NC(=O)c2cc(NC(=O)C(C)C)n(-c3ccccc3)n2)cc1C. The third-order valence-corrected chi connectivity index (χ3v) is 4.48. The molecule has 2 amide bonds. The third-order valence-electron chi connectivity index (χ3n) is 4.48. The summed E-state index contributed by atoms with van der Waals surface area (Å²) >= 11 is 0. The lowest BCUT2D eigenvalue weighted by atomic mass is 10.1. The molecule has 144 valence electrons. The summed E-state index contributed by atoms with van der Waals surface area (Å²) in [4.78, 5) is 24.9. The minimum absolute atomic E-state index is 0.141. The van der Waals surface area contributed by atoms with Crippen LogP contribution >= 0.6 is 0 Å². The molecule has 6 heteroatoms. The Kier molecular flexibility index (Phi) is 5.59. The van der Waals surface area contributed by atoms with Crippen LogP contribution in [-0.2, 0) is 4.79 Å². The Morgan fingerprint density at radius 3 is 2.29 bits per heavy atom. The van der Waals surface area contributed by atoms with Gasteiger partial charge in [-0.2, -0.15) is 5.10 Å². The molecule has 0 atom stereocenters. The fraction of sp³-hybridized carbons (Fsp3) is 0.227. The zero-order valence-electron chi connectivity index (χ0n) is 16.5. The largest absolute Gasteiger partial charge is 0.321 e. The topological polar surface area (TPSA) is 76.0 Å². The van der Waals surface area contributed by atoms with E-state index >= 15 is 0 Å². The van der Waals surface area contributed by atoms with Gasteiger partial charge in [0.25, 0.3) is 5.91 Å². The van der Waals surface area contributed by atoms with Gasteiger partial charge < -0.3 is 10.6 Å². The Bertz CT molecular complexity index is 1010. The second-order valence-corrected chi connectivity index (χ2v) is 7.06. The monoisotopic (exact) mass is 376 g/mol. The summed E-state index contributed by atoms with van der Waals surface area (Å²) in [7, 11) is 0. The van der Waals surface area contributed by atoms with E-state index in [1.807, 2.05) is 76.2 Å². The van der Waals surface area contributed by atoms with Crippen LogP contribution in [0, 0.1) is 19.8 Å². The summed E-state index contributed by atoms with van der Waals surface area (Å²) in [6, 6.07) is 16.7. The van der Waals surface area contributed by atoms with E-state index in [1.165, 1.54) is 0 Å². The minimum atomic E-state index is -0.335. The van der Waals surface area contributed by atoms with Crippen LogP contribution in [0.1, 0.15) is 35.5 Å². The molecule has 0 aliphatic rings. The number of amides is 2. The highest BCUT2D eigenvalue weighted by molar-refractivity contribution is 6.04. The van der Waals surface area contributed by atoms with Gasteiger partial charge in [-0.1, -0.05) is 38.1 Å². The van der Waals surface area contributed by atoms with Crippen molar-refractivity contribution in [2.45, 2.75) is 27.7 Å². The molecule has 0 saturated heterocycles. The summed E-state index contributed by atoms with van der Waals surface area (Å²) in [5.41, 5.74) is 3.94. The fourth-order valence-electron chi connectivity index (χ4n) is 2.63. The molecule has 2 N–H and O–H groups in total. The number of aromatic nitrogens is 2. The number of carbonyl (C=O) groups excluding carboxylic acids is 2. The maximum absolute atomic E-state index is 12.7. The number of aryl methyl sites for hydroxylation is 2. The molecule has 6 nitrogen and oxygen atoms in total. The van der Waals surface area contributed by atoms with Gasteiger partial charge >= 0.3 is 0 Å². The second kappa shape index (κ2) is 8.08. The van der Waals surface area contributed by atoms with E-state index in [9.17, 15) is 9.59 Å². The highest BCUT2D eigenvalue weighted by Gasteiger charge is 2.18. The molecule has 0 bridgehead atoms. The van der Waals surface area contributed by atoms with Gasteiger partial charge in [-0.25, -0.2) is 4.68 Å². The van der Waals surface area contributed by atoms with E-state index in [0.29, 0.717) is 11.5 Å². The smallest absolute Gasteiger partial charge is 0.276 e. The lowest BCUT2D eigenvalue weighted by Gasteiger charge is -2.10. The number of nitrogens with zero attached hydrogens (tertiary/aromatic N) is 2. The first-order chi connectivity index (χ1) is 13.3. The van der Waals surface area contributed by atoms with E-state index in [1.54, 1.807) is 10.7 Å². The van der Waals surface area contributed by atoms with Crippen molar-refractivity contribution in [3.63, 3.8) is 0 Å². The molecule has 3 rings (SSSR count). The van der Waals surface area contributed by atoms with Gasteiger partial charge in [0.1, 0.15) is 5.82 Å². The van der Waals surface area contributed by atoms with Crippen LogP contribution < -0.4 is 10.6 Å². The molecule has 0 saturated carbocycles. The van der Waals surface area contributed by atoms with E-state index in [0.717, 1.165) is 16.8 Å². The van der Waals surface area contributed by atoms with Gasteiger partial charge in [0.15, 0.2) is 5.69 Å². The zero-order chi connectivity index (χ0) is 20.3. The molecule has 1 heterocycles. The van der Waals surface area contributed by atoms with Crippen LogP contribution in [-0.4, -0.2) is 21.6 Å². The Balaban J connectivity index is 1.92. The molecular formula is C22H24N4O2. The number of hydrogen-bond donors (Lipinski definition) is 2. The molecule has 0 radical (unpaired) electrons. The summed E-state index contributed by atoms with van der Waals surface area (Å²) < 4.78 is 1.57. The minimum Gasteiger partial charge on any atom is -0.321 e. The molecular weight excluding hydrogens is 352 g/mol. The van der Waals surface area contributed by atoms with Crippen LogP contribution in [0.25, 0.3) is 5.69 Å². The average molecular weight is 376 g/mol. The lowest BCUT2D eigenvalue weighted by Crippen LogP contribution is -2.19. The lowest BCUT2D eigenvalue weighted by molar-refractivity contribution is -0.118. The Morgan fingerprint density at radius 2 is 1.64 bits per heavy atom. The number of carbonyl (C=O) groups is 2. The van der Waals surface area contributed by atoms with Gasteiger partial charge in [0.05, 0.1) is 5.69 Å². The molecule has 28 heavy (non-hydrogen) atoms. The van der Waals surface area contributed by atoms with Crippen LogP contribution in [0.4, 0.5) is 11.5 Å². The van der Waals surface area contributed by atoms with Crippen molar-refractivity contribution in [1.82, 2.24) is 9.78 Å². The van der Waals surface area contributed by atoms with Gasteiger partial charge in [0, 0.05) is 17.7 Å². The first-order valence-electron chi connectivity index (χ1n) is 9.20. The maximum atomic E-state index is 12.7. The van der Waals surface area contributed by atoms with Crippen molar-refractivity contribution in [2.24, 2.45) is 5.92 Å². The number of rotatable bonds is 5. The molecule has 2 aromatic carbocycles. The Labute approximate surface area is 164 Å². The van der Waals surface area contributed by atoms with Crippen molar-refractivity contribution in [1.29, 1.82) is 0 Å². The maximum Gasteiger partial charge on any atom is 0.276 e. The van der Waals surface area contributed by atoms with Gasteiger partial charge in [-0.15, -0.1) is 0 Å². The summed E-state index contributed by atoms with van der Waals surface area (Å²) in [6.07, 6.45) is 0. The van der Waals surface area contributed by atoms with Gasteiger partial charge in [0.2, 0.25) is 5.91 Å². The molecule has 0 aliphatic carbocycles. The van der Waals surface area contributed by atoms with E-state index < -0.39 is 0 Å². The predicted octanol–water partition coefficient (Wildman–Crippen LogP) is 4.34. The van der Waals surface area contributed by atoms with Crippen molar-refractivity contribution in [2.75, 3.05) is 10.6 Å². The van der Waals surface area contributed by atoms with Crippen LogP contribution in [0.15, 0.2) is 54.6 Å². The van der Waals surface area contributed by atoms with Crippen molar-refractivity contribution >= 4 is 23.3 Å². The van der Waals surface area contributed by atoms with E-state index in [2.05, 4.69) is 15.7 Å². The van der Waals surface area contributed by atoms with Crippen molar-refractivity contribution in [3.8, 4) is 5.69 Å². The van der Waals surface area contributed by atoms with Crippen LogP contribution in [0.2, 0.25) is 0 Å². The first kappa shape index (κ1) is 19.4. The first-order valence-corrected chi connectivity index (χ1v) is 9.20. The quantitative estimate of drug-likeness (QED) is 0.696. The fourth-order valence-corrected chi connectivity index (χ4v) is 2.63. The molecule has 0 unspecified atom stereocenters. The number of hydrogen-bond acceptors (Lipinski definition) is 3. The van der Waals surface area contributed by atoms with Crippen LogP contribution in [0.3, 0.4) is 0 Å². The molecule has 0 spiro atoms. The van der Waals surface area contributed by atoms with E-state index in [4.69, 9.17) is 0 Å². The summed E-state index contributed by atoms with van der Waals surface area (Å²) in [5.74, 6) is -0.210. The highest BCUT2D eigenvalue weighted by atomic mass is 16.2. The van der Waals surface area contributed by atoms with Crippen molar-refractivity contribution in [3.05, 3.63) is 71.4 Å². The standard InChI is InChI=1S/C22H24N4O2/c1-14(2)21(27)24-20-13-19(25-26(20)18-8-6-5-7-9-18)22(28)23-17-11-10-15(3)16(4)12-17/h5-14H,1-4H3,(H,23,28)(H,24,27). The molecule has 0 fully saturated rings. The summed E-state index contributed by atoms with van der Waals surface area (Å²) in [6.45, 7) is 7.64. The molecule has 1 aromatic heterocycles. The van der Waals surface area contributed by atoms with Crippen molar-refractivity contribution < 1.29 is 9.59 Å². The van der Waals surface area contributed by atoms with Gasteiger partial charge in [-0.3, -0.25) is 9.59 Å². The molecule has 0 aliphatic heterocycles. The third kappa shape index (κ3) is 4.28. The summed E-state index contributed by atoms with van der Waals surface area (Å²) in [5, 5.41) is 10.1. The Morgan fingerprint density at radius 1 is 0.929 bits per heavy atom. The number of anilines is 2. The van der Waals surface area contributed by atoms with Crippen LogP contribution in [0.5, 0.6) is 0 Å². The number of nitrogens with one attached hydrogen (secondary N) is 2. The van der Waals surface area contributed by atoms with E-state index in [-0.39, 0.29) is 23.4 Å². The normalized spacial score (nSPS) is 10.8. The average Bonchev–Trinajstić information content (AvgIpc) is 3.09. The predicted molar refractivity (Wildman–Crippen MR) is 111 cm³/mol. The zero-order valence-corrected chi connectivity index (χ0v) is 16.5. The van der Waals surface area contributed by atoms with Gasteiger partial charge in [-0.05, 0) is 49.2 Å². The number of benzene rings is 2.